The van der Waals surface area contributed by atoms with Crippen LogP contribution in [0.4, 0.5) is 5.69 Å². The Kier molecular flexibility index (Phi) is 7.03. The molecule has 12 heteroatoms. The molecule has 4 rings (SSSR count). The van der Waals surface area contributed by atoms with Crippen LogP contribution in [0.25, 0.3) is 0 Å². The van der Waals surface area contributed by atoms with E-state index in [-0.39, 0.29) is 41.5 Å². The Balaban J connectivity index is 1.47. The molecule has 1 aromatic heterocycles. The average Bonchev–Trinajstić information content (AvgIpc) is 3.43. The third-order valence-corrected chi connectivity index (χ3v) is 7.32. The predicted molar refractivity (Wildman–Crippen MR) is 127 cm³/mol. The summed E-state index contributed by atoms with van der Waals surface area (Å²) in [6.45, 7) is 1.12. The lowest BCUT2D eigenvalue weighted by molar-refractivity contribution is -0.123. The van der Waals surface area contributed by atoms with Gasteiger partial charge in [0.1, 0.15) is 5.54 Å². The molecule has 1 unspecified atom stereocenters. The SMILES string of the molecule is O=C1CN(C(=O)c2ccc(NC(=O)C3(NC(=O)c4ccc(Br)s4)CCOC3)cc2Cl)CCN1. The maximum Gasteiger partial charge on any atom is 0.262 e. The van der Waals surface area contributed by atoms with Crippen molar-refractivity contribution >= 4 is 68.2 Å². The molecule has 2 saturated heterocycles. The molecule has 0 aliphatic carbocycles. The average molecular weight is 556 g/mol. The second kappa shape index (κ2) is 9.80. The fourth-order valence-corrected chi connectivity index (χ4v) is 5.16. The van der Waals surface area contributed by atoms with Gasteiger partial charge in [-0.3, -0.25) is 19.2 Å². The molecule has 2 aliphatic heterocycles. The molecule has 9 nitrogen and oxygen atoms in total. The number of benzene rings is 1. The van der Waals surface area contributed by atoms with Crippen LogP contribution in [0.5, 0.6) is 0 Å². The van der Waals surface area contributed by atoms with E-state index in [1.54, 1.807) is 18.2 Å². The lowest BCUT2D eigenvalue weighted by Crippen LogP contribution is -2.57. The molecule has 1 atom stereocenters. The van der Waals surface area contributed by atoms with Crippen LogP contribution in [-0.2, 0) is 14.3 Å². The molecule has 2 aliphatic rings. The molecule has 0 bridgehead atoms. The van der Waals surface area contributed by atoms with E-state index in [0.717, 1.165) is 3.79 Å². The van der Waals surface area contributed by atoms with E-state index in [1.807, 2.05) is 0 Å². The molecule has 3 heterocycles. The minimum Gasteiger partial charge on any atom is -0.378 e. The van der Waals surface area contributed by atoms with Crippen molar-refractivity contribution in [3.63, 3.8) is 0 Å². The van der Waals surface area contributed by atoms with Gasteiger partial charge in [0.05, 0.1) is 32.4 Å². The van der Waals surface area contributed by atoms with Crippen molar-refractivity contribution in [2.24, 2.45) is 0 Å². The molecule has 0 spiro atoms. The van der Waals surface area contributed by atoms with Gasteiger partial charge in [0.15, 0.2) is 0 Å². The quantitative estimate of drug-likeness (QED) is 0.523. The first-order valence-electron chi connectivity index (χ1n) is 10.1. The summed E-state index contributed by atoms with van der Waals surface area (Å²) in [7, 11) is 0. The van der Waals surface area contributed by atoms with Gasteiger partial charge in [0.2, 0.25) is 5.91 Å². The van der Waals surface area contributed by atoms with Gasteiger partial charge in [0.25, 0.3) is 17.7 Å². The molecule has 3 N–H and O–H groups in total. The number of hydrogen-bond acceptors (Lipinski definition) is 6. The van der Waals surface area contributed by atoms with Gasteiger partial charge >= 0.3 is 0 Å². The maximum atomic E-state index is 13.1. The fourth-order valence-electron chi connectivity index (χ4n) is 3.61. The lowest BCUT2D eigenvalue weighted by atomic mass is 9.97. The molecule has 2 fully saturated rings. The van der Waals surface area contributed by atoms with E-state index < -0.39 is 11.4 Å². The highest BCUT2D eigenvalue weighted by atomic mass is 79.9. The van der Waals surface area contributed by atoms with Crippen molar-refractivity contribution in [3.8, 4) is 0 Å². The van der Waals surface area contributed by atoms with Gasteiger partial charge in [-0.25, -0.2) is 0 Å². The number of piperazine rings is 1. The van der Waals surface area contributed by atoms with Gasteiger partial charge in [-0.2, -0.15) is 0 Å². The van der Waals surface area contributed by atoms with Crippen molar-refractivity contribution in [1.82, 2.24) is 15.5 Å². The normalized spacial score (nSPS) is 20.3. The largest absolute Gasteiger partial charge is 0.378 e. The van der Waals surface area contributed by atoms with Crippen LogP contribution < -0.4 is 16.0 Å². The van der Waals surface area contributed by atoms with E-state index in [0.29, 0.717) is 36.7 Å². The van der Waals surface area contributed by atoms with Crippen LogP contribution in [0, 0.1) is 0 Å². The first-order chi connectivity index (χ1) is 15.8. The number of carbonyl (C=O) groups is 4. The third-order valence-electron chi connectivity index (χ3n) is 5.39. The van der Waals surface area contributed by atoms with E-state index in [9.17, 15) is 19.2 Å². The van der Waals surface area contributed by atoms with Crippen LogP contribution in [0.2, 0.25) is 5.02 Å². The lowest BCUT2D eigenvalue weighted by Gasteiger charge is -2.28. The summed E-state index contributed by atoms with van der Waals surface area (Å²) in [4.78, 5) is 52.0. The molecule has 174 valence electrons. The smallest absolute Gasteiger partial charge is 0.262 e. The monoisotopic (exact) mass is 554 g/mol. The minimum absolute atomic E-state index is 0.0311. The van der Waals surface area contributed by atoms with Crippen molar-refractivity contribution in [2.45, 2.75) is 12.0 Å². The van der Waals surface area contributed by atoms with Gasteiger partial charge in [-0.15, -0.1) is 11.3 Å². The molecule has 1 aromatic carbocycles. The minimum atomic E-state index is -1.23. The number of nitrogens with zero attached hydrogens (tertiary/aromatic N) is 1. The molecule has 0 radical (unpaired) electrons. The van der Waals surface area contributed by atoms with E-state index >= 15 is 0 Å². The number of nitrogens with one attached hydrogen (secondary N) is 3. The topological polar surface area (TPSA) is 117 Å². The number of anilines is 1. The van der Waals surface area contributed by atoms with Crippen LogP contribution in [0.1, 0.15) is 26.5 Å². The summed E-state index contributed by atoms with van der Waals surface area (Å²) in [5.41, 5.74) is -0.618. The first kappa shape index (κ1) is 23.7. The van der Waals surface area contributed by atoms with Crippen molar-refractivity contribution in [2.75, 3.05) is 38.2 Å². The highest BCUT2D eigenvalue weighted by Gasteiger charge is 2.44. The van der Waals surface area contributed by atoms with E-state index in [2.05, 4.69) is 31.9 Å². The summed E-state index contributed by atoms with van der Waals surface area (Å²) in [5.74, 6) is -1.39. The van der Waals surface area contributed by atoms with Crippen LogP contribution in [0.3, 0.4) is 0 Å². The molecular formula is C21H20BrClN4O5S. The van der Waals surface area contributed by atoms with Gasteiger partial charge < -0.3 is 25.6 Å². The predicted octanol–water partition coefficient (Wildman–Crippen LogP) is 2.26. The number of hydrogen-bond donors (Lipinski definition) is 3. The van der Waals surface area contributed by atoms with E-state index in [1.165, 1.54) is 28.4 Å². The molecule has 2 aromatic rings. The maximum absolute atomic E-state index is 13.1. The van der Waals surface area contributed by atoms with Crippen LogP contribution in [-0.4, -0.2) is 66.9 Å². The summed E-state index contributed by atoms with van der Waals surface area (Å²) >= 11 is 10.9. The van der Waals surface area contributed by atoms with Crippen LogP contribution >= 0.6 is 38.9 Å². The Morgan fingerprint density at radius 1 is 1.24 bits per heavy atom. The number of halogens is 2. The molecular weight excluding hydrogens is 536 g/mol. The Morgan fingerprint density at radius 2 is 2.06 bits per heavy atom. The zero-order chi connectivity index (χ0) is 23.6. The van der Waals surface area contributed by atoms with Crippen LogP contribution in [0.15, 0.2) is 34.1 Å². The Morgan fingerprint density at radius 3 is 2.70 bits per heavy atom. The number of carbonyl (C=O) groups excluding carboxylic acids is 4. The Labute approximate surface area is 206 Å². The Bertz CT molecular complexity index is 1120. The second-order valence-electron chi connectivity index (χ2n) is 7.67. The zero-order valence-electron chi connectivity index (χ0n) is 17.3. The molecule has 4 amide bonds. The highest BCUT2D eigenvalue weighted by molar-refractivity contribution is 9.11. The van der Waals surface area contributed by atoms with Gasteiger partial charge in [-0.1, -0.05) is 11.6 Å². The second-order valence-corrected chi connectivity index (χ2v) is 10.5. The third kappa shape index (κ3) is 5.21. The highest BCUT2D eigenvalue weighted by Crippen LogP contribution is 2.27. The number of ether oxygens (including phenoxy) is 1. The fraction of sp³-hybridized carbons (Fsp3) is 0.333. The standard InChI is InChI=1S/C21H20BrClN4O5S/c22-16-4-3-15(33-16)18(29)26-21(5-8-32-11-21)20(31)25-12-1-2-13(14(23)9-12)19(30)27-7-6-24-17(28)10-27/h1-4,9H,5-8,10-11H2,(H,24,28)(H,25,31)(H,26,29). The zero-order valence-corrected chi connectivity index (χ0v) is 20.4. The number of amides is 4. The number of thiophene rings is 1. The van der Waals surface area contributed by atoms with Crippen molar-refractivity contribution in [3.05, 3.63) is 49.6 Å². The van der Waals surface area contributed by atoms with Crippen molar-refractivity contribution in [1.29, 1.82) is 0 Å². The van der Waals surface area contributed by atoms with E-state index in [4.69, 9.17) is 16.3 Å². The summed E-state index contributed by atoms with van der Waals surface area (Å²) in [6, 6.07) is 7.97. The molecule has 33 heavy (non-hydrogen) atoms. The Hall–Kier alpha value is -2.47. The van der Waals surface area contributed by atoms with Gasteiger partial charge in [0, 0.05) is 31.8 Å². The summed E-state index contributed by atoms with van der Waals surface area (Å²) < 4.78 is 6.23. The first-order valence-corrected chi connectivity index (χ1v) is 12.1. The number of rotatable bonds is 5. The summed E-state index contributed by atoms with van der Waals surface area (Å²) in [6.07, 6.45) is 0.318. The molecule has 0 saturated carbocycles. The summed E-state index contributed by atoms with van der Waals surface area (Å²) in [5, 5.41) is 8.39. The van der Waals surface area contributed by atoms with Gasteiger partial charge in [-0.05, 0) is 46.3 Å². The van der Waals surface area contributed by atoms with Crippen molar-refractivity contribution < 1.29 is 23.9 Å².